The Morgan fingerprint density at radius 2 is 2.11 bits per heavy atom. The molecule has 0 aliphatic rings. The molecule has 0 bridgehead atoms. The van der Waals surface area contributed by atoms with Gasteiger partial charge in [-0.3, -0.25) is 0 Å². The third-order valence-electron chi connectivity index (χ3n) is 2.81. The second-order valence-electron chi connectivity index (χ2n) is 4.44. The molecule has 0 fully saturated rings. The number of likely N-dealkylation sites (N-methyl/N-ethyl adjacent to an activating group) is 1. The lowest BCUT2D eigenvalue weighted by Gasteiger charge is -2.17. The van der Waals surface area contributed by atoms with Crippen molar-refractivity contribution >= 4 is 11.3 Å². The van der Waals surface area contributed by atoms with Gasteiger partial charge in [-0.1, -0.05) is 25.1 Å². The van der Waals surface area contributed by atoms with Crippen molar-refractivity contribution in [3.8, 4) is 5.75 Å². The molecule has 1 unspecified atom stereocenters. The topological polar surface area (TPSA) is 34.1 Å². The van der Waals surface area contributed by atoms with Gasteiger partial charge < -0.3 is 10.1 Å². The summed E-state index contributed by atoms with van der Waals surface area (Å²) in [4.78, 5) is 4.51. The fourth-order valence-corrected chi connectivity index (χ4v) is 2.57. The minimum Gasteiger partial charge on any atom is -0.492 e. The van der Waals surface area contributed by atoms with Crippen molar-refractivity contribution in [3.63, 3.8) is 0 Å². The van der Waals surface area contributed by atoms with Crippen LogP contribution in [0.25, 0.3) is 0 Å². The summed E-state index contributed by atoms with van der Waals surface area (Å²) in [5.41, 5.74) is 1.14. The van der Waals surface area contributed by atoms with Crippen molar-refractivity contribution in [1.29, 1.82) is 0 Å². The Hall–Kier alpha value is -1.39. The smallest absolute Gasteiger partial charge is 0.119 e. The number of hydrogen-bond acceptors (Lipinski definition) is 4. The highest BCUT2D eigenvalue weighted by Crippen LogP contribution is 2.12. The van der Waals surface area contributed by atoms with Crippen molar-refractivity contribution in [2.24, 2.45) is 0 Å². The van der Waals surface area contributed by atoms with Crippen LogP contribution in [0.15, 0.2) is 35.7 Å². The average molecular weight is 276 g/mol. The van der Waals surface area contributed by atoms with Crippen LogP contribution < -0.4 is 10.1 Å². The molecule has 1 aromatic heterocycles. The Labute approximate surface area is 118 Å². The molecular weight excluding hydrogens is 256 g/mol. The fraction of sp³-hybridized carbons (Fsp3) is 0.400. The number of aromatic nitrogens is 1. The second-order valence-corrected chi connectivity index (χ2v) is 5.50. The zero-order valence-electron chi connectivity index (χ0n) is 11.4. The first kappa shape index (κ1) is 14.0. The number of thiazole rings is 1. The quantitative estimate of drug-likeness (QED) is 0.844. The van der Waals surface area contributed by atoms with E-state index in [1.807, 2.05) is 37.3 Å². The van der Waals surface area contributed by atoms with Gasteiger partial charge in [-0.25, -0.2) is 4.98 Å². The zero-order chi connectivity index (χ0) is 13.5. The van der Waals surface area contributed by atoms with E-state index in [0.717, 1.165) is 29.4 Å². The molecule has 0 spiro atoms. The number of nitrogens with zero attached hydrogens (tertiary/aromatic N) is 1. The molecule has 2 rings (SSSR count). The molecule has 1 N–H and O–H groups in total. The highest BCUT2D eigenvalue weighted by atomic mass is 32.1. The number of benzene rings is 1. The molecule has 0 saturated carbocycles. The number of nitrogens with one attached hydrogen (secondary N) is 1. The van der Waals surface area contributed by atoms with Gasteiger partial charge in [-0.2, -0.15) is 0 Å². The maximum Gasteiger partial charge on any atom is 0.119 e. The maximum absolute atomic E-state index is 5.81. The van der Waals surface area contributed by atoms with Gasteiger partial charge in [0.2, 0.25) is 0 Å². The summed E-state index contributed by atoms with van der Waals surface area (Å²) < 4.78 is 5.81. The lowest BCUT2D eigenvalue weighted by Crippen LogP contribution is -2.36. The van der Waals surface area contributed by atoms with Gasteiger partial charge in [0.15, 0.2) is 0 Å². The number of ether oxygens (including phenoxy) is 1. The van der Waals surface area contributed by atoms with Crippen LogP contribution in [-0.2, 0) is 6.42 Å². The van der Waals surface area contributed by atoms with Gasteiger partial charge in [-0.05, 0) is 25.6 Å². The summed E-state index contributed by atoms with van der Waals surface area (Å²) in [5, 5.41) is 6.70. The predicted molar refractivity (Wildman–Crippen MR) is 80.0 cm³/mol. The summed E-state index contributed by atoms with van der Waals surface area (Å²) >= 11 is 1.70. The van der Waals surface area contributed by atoms with Crippen LogP contribution in [0.3, 0.4) is 0 Å². The summed E-state index contributed by atoms with van der Waals surface area (Å²) in [5.74, 6) is 0.917. The van der Waals surface area contributed by atoms with Gasteiger partial charge in [0.05, 0.1) is 10.7 Å². The summed E-state index contributed by atoms with van der Waals surface area (Å²) in [6.07, 6.45) is 0.908. The second kappa shape index (κ2) is 7.26. The Kier molecular flexibility index (Phi) is 5.36. The highest BCUT2D eigenvalue weighted by molar-refractivity contribution is 7.09. The van der Waals surface area contributed by atoms with Gasteiger partial charge >= 0.3 is 0 Å². The Morgan fingerprint density at radius 1 is 1.32 bits per heavy atom. The van der Waals surface area contributed by atoms with E-state index in [1.165, 1.54) is 0 Å². The molecule has 1 atom stereocenters. The molecule has 0 aliphatic heterocycles. The first-order valence-corrected chi connectivity index (χ1v) is 7.48. The maximum atomic E-state index is 5.81. The standard InChI is InChI=1S/C15H20N2OS/c1-3-16-13(9-14-11-19-12(2)17-14)10-18-15-7-5-4-6-8-15/h4-8,11,13,16H,3,9-10H2,1-2H3. The molecule has 3 nitrogen and oxygen atoms in total. The van der Waals surface area contributed by atoms with E-state index in [-0.39, 0.29) is 0 Å². The van der Waals surface area contributed by atoms with Crippen LogP contribution in [0.2, 0.25) is 0 Å². The van der Waals surface area contributed by atoms with Crippen LogP contribution in [0.5, 0.6) is 5.75 Å². The average Bonchev–Trinajstić information content (AvgIpc) is 2.83. The Balaban J connectivity index is 1.89. The molecular formula is C15H20N2OS. The lowest BCUT2D eigenvalue weighted by molar-refractivity contribution is 0.264. The number of para-hydroxylation sites is 1. The largest absolute Gasteiger partial charge is 0.492 e. The SMILES string of the molecule is CCNC(COc1ccccc1)Cc1csc(C)n1. The van der Waals surface area contributed by atoms with Crippen molar-refractivity contribution in [2.75, 3.05) is 13.2 Å². The number of rotatable bonds is 7. The summed E-state index contributed by atoms with van der Waals surface area (Å²) in [6, 6.07) is 10.2. The minimum absolute atomic E-state index is 0.298. The highest BCUT2D eigenvalue weighted by Gasteiger charge is 2.11. The van der Waals surface area contributed by atoms with E-state index < -0.39 is 0 Å². The first-order chi connectivity index (χ1) is 9.28. The predicted octanol–water partition coefficient (Wildman–Crippen LogP) is 3.05. The Bertz CT molecular complexity index is 484. The third kappa shape index (κ3) is 4.65. The van der Waals surface area contributed by atoms with E-state index in [1.54, 1.807) is 11.3 Å². The van der Waals surface area contributed by atoms with Crippen LogP contribution in [0.1, 0.15) is 17.6 Å². The van der Waals surface area contributed by atoms with E-state index in [9.17, 15) is 0 Å². The molecule has 0 saturated heterocycles. The van der Waals surface area contributed by atoms with Crippen LogP contribution in [0.4, 0.5) is 0 Å². The van der Waals surface area contributed by atoms with Gasteiger partial charge in [0.25, 0.3) is 0 Å². The molecule has 1 heterocycles. The normalized spacial score (nSPS) is 12.3. The molecule has 19 heavy (non-hydrogen) atoms. The molecule has 2 aromatic rings. The van der Waals surface area contributed by atoms with E-state index >= 15 is 0 Å². The van der Waals surface area contributed by atoms with Gasteiger partial charge in [-0.15, -0.1) is 11.3 Å². The van der Waals surface area contributed by atoms with Crippen LogP contribution in [0, 0.1) is 6.92 Å². The Morgan fingerprint density at radius 3 is 2.74 bits per heavy atom. The zero-order valence-corrected chi connectivity index (χ0v) is 12.2. The first-order valence-electron chi connectivity index (χ1n) is 6.60. The van der Waals surface area contributed by atoms with Gasteiger partial charge in [0.1, 0.15) is 12.4 Å². The van der Waals surface area contributed by atoms with Gasteiger partial charge in [0, 0.05) is 17.8 Å². The molecule has 1 aromatic carbocycles. The molecule has 0 amide bonds. The summed E-state index contributed by atoms with van der Waals surface area (Å²) in [7, 11) is 0. The van der Waals surface area contributed by atoms with E-state index in [0.29, 0.717) is 12.6 Å². The minimum atomic E-state index is 0.298. The molecule has 102 valence electrons. The van der Waals surface area contributed by atoms with Crippen molar-refractivity contribution in [2.45, 2.75) is 26.3 Å². The monoisotopic (exact) mass is 276 g/mol. The number of aryl methyl sites for hydroxylation is 1. The van der Waals surface area contributed by atoms with Crippen molar-refractivity contribution in [3.05, 3.63) is 46.4 Å². The molecule has 0 aliphatic carbocycles. The third-order valence-corrected chi connectivity index (χ3v) is 3.63. The van der Waals surface area contributed by atoms with Crippen LogP contribution in [-0.4, -0.2) is 24.2 Å². The van der Waals surface area contributed by atoms with Crippen molar-refractivity contribution in [1.82, 2.24) is 10.3 Å². The number of hydrogen-bond donors (Lipinski definition) is 1. The fourth-order valence-electron chi connectivity index (χ4n) is 1.95. The van der Waals surface area contributed by atoms with Crippen LogP contribution >= 0.6 is 11.3 Å². The van der Waals surface area contributed by atoms with E-state index in [4.69, 9.17) is 4.74 Å². The molecule has 0 radical (unpaired) electrons. The summed E-state index contributed by atoms with van der Waals surface area (Å²) in [6.45, 7) is 5.75. The lowest BCUT2D eigenvalue weighted by atomic mass is 10.2. The van der Waals surface area contributed by atoms with E-state index in [2.05, 4.69) is 22.6 Å². The van der Waals surface area contributed by atoms with Crippen molar-refractivity contribution < 1.29 is 4.74 Å². The molecule has 4 heteroatoms.